The largest absolute Gasteiger partial charge is 0.440 e. The molecule has 12 heavy (non-hydrogen) atoms. The molecule has 1 aromatic rings. The maximum Gasteiger partial charge on any atom is 0.200 e. The molecule has 0 atom stereocenters. The van der Waals surface area contributed by atoms with Gasteiger partial charge in [-0.3, -0.25) is 4.79 Å². The molecule has 3 heteroatoms. The van der Waals surface area contributed by atoms with E-state index in [1.807, 2.05) is 13.8 Å². The first-order valence-electron chi connectivity index (χ1n) is 4.04. The molecule has 0 bridgehead atoms. The number of carbonyl (C=O) groups is 1. The lowest BCUT2D eigenvalue weighted by Gasteiger charge is -2.00. The average Bonchev–Trinajstić information content (AvgIpc) is 2.33. The van der Waals surface area contributed by atoms with Crippen LogP contribution in [0, 0.1) is 12.8 Å². The Morgan fingerprint density at radius 2 is 2.33 bits per heavy atom. The van der Waals surface area contributed by atoms with Crippen LogP contribution >= 0.6 is 0 Å². The standard InChI is InChI=1S/C9H13NO2/c1-6(2)4-8(11)9-7(3)10-5-12-9/h5-6H,4H2,1-3H3. The van der Waals surface area contributed by atoms with E-state index in [2.05, 4.69) is 4.98 Å². The number of Topliss-reactive ketones (excluding diaryl/α,β-unsaturated/α-hetero) is 1. The Bertz CT molecular complexity index is 276. The molecule has 1 heterocycles. The normalized spacial score (nSPS) is 10.7. The van der Waals surface area contributed by atoms with Crippen LogP contribution in [0.2, 0.25) is 0 Å². The third kappa shape index (κ3) is 1.94. The minimum absolute atomic E-state index is 0.0417. The van der Waals surface area contributed by atoms with Crippen LogP contribution in [0.3, 0.4) is 0 Å². The van der Waals surface area contributed by atoms with Crippen LogP contribution in [0.5, 0.6) is 0 Å². The van der Waals surface area contributed by atoms with Gasteiger partial charge in [-0.2, -0.15) is 0 Å². The molecule has 1 aromatic heterocycles. The number of carbonyl (C=O) groups excluding carboxylic acids is 1. The van der Waals surface area contributed by atoms with Crippen LogP contribution in [0.25, 0.3) is 0 Å². The van der Waals surface area contributed by atoms with Gasteiger partial charge in [-0.25, -0.2) is 4.98 Å². The first kappa shape index (κ1) is 8.97. The summed E-state index contributed by atoms with van der Waals surface area (Å²) in [5.74, 6) is 0.811. The molecule has 0 aliphatic heterocycles. The van der Waals surface area contributed by atoms with Crippen molar-refractivity contribution in [2.75, 3.05) is 0 Å². The Morgan fingerprint density at radius 3 is 2.75 bits per heavy atom. The van der Waals surface area contributed by atoms with Crippen molar-refractivity contribution < 1.29 is 9.21 Å². The van der Waals surface area contributed by atoms with Gasteiger partial charge in [0.1, 0.15) is 0 Å². The van der Waals surface area contributed by atoms with E-state index in [0.717, 1.165) is 0 Å². The van der Waals surface area contributed by atoms with Crippen molar-refractivity contribution in [1.29, 1.82) is 0 Å². The summed E-state index contributed by atoms with van der Waals surface area (Å²) < 4.78 is 4.97. The number of rotatable bonds is 3. The molecule has 66 valence electrons. The summed E-state index contributed by atoms with van der Waals surface area (Å²) in [7, 11) is 0. The summed E-state index contributed by atoms with van der Waals surface area (Å²) in [6.45, 7) is 5.78. The van der Waals surface area contributed by atoms with Crippen molar-refractivity contribution in [3.05, 3.63) is 17.8 Å². The summed E-state index contributed by atoms with van der Waals surface area (Å²) >= 11 is 0. The van der Waals surface area contributed by atoms with Crippen LogP contribution in [-0.2, 0) is 0 Å². The summed E-state index contributed by atoms with van der Waals surface area (Å²) in [5.41, 5.74) is 0.681. The third-order valence-corrected chi connectivity index (χ3v) is 1.59. The minimum Gasteiger partial charge on any atom is -0.440 e. The SMILES string of the molecule is Cc1ncoc1C(=O)CC(C)C. The molecular formula is C9H13NO2. The molecule has 0 aromatic carbocycles. The Morgan fingerprint density at radius 1 is 1.67 bits per heavy atom. The molecule has 0 unspecified atom stereocenters. The molecule has 0 saturated heterocycles. The second-order valence-corrected chi connectivity index (χ2v) is 3.29. The number of hydrogen-bond acceptors (Lipinski definition) is 3. The van der Waals surface area contributed by atoms with E-state index >= 15 is 0 Å². The van der Waals surface area contributed by atoms with Crippen LogP contribution in [0.1, 0.15) is 36.5 Å². The highest BCUT2D eigenvalue weighted by atomic mass is 16.3. The highest BCUT2D eigenvalue weighted by molar-refractivity contribution is 5.94. The van der Waals surface area contributed by atoms with Crippen LogP contribution in [-0.4, -0.2) is 10.8 Å². The topological polar surface area (TPSA) is 43.1 Å². The first-order valence-corrected chi connectivity index (χ1v) is 4.04. The van der Waals surface area contributed by atoms with Gasteiger partial charge >= 0.3 is 0 Å². The summed E-state index contributed by atoms with van der Waals surface area (Å²) in [6.07, 6.45) is 1.83. The van der Waals surface area contributed by atoms with Crippen molar-refractivity contribution in [2.45, 2.75) is 27.2 Å². The van der Waals surface area contributed by atoms with Gasteiger partial charge in [0.05, 0.1) is 5.69 Å². The van der Waals surface area contributed by atoms with Crippen molar-refractivity contribution >= 4 is 5.78 Å². The smallest absolute Gasteiger partial charge is 0.200 e. The molecule has 0 radical (unpaired) electrons. The number of ketones is 1. The zero-order valence-corrected chi connectivity index (χ0v) is 7.63. The molecule has 0 N–H and O–H groups in total. The minimum atomic E-state index is 0.0417. The van der Waals surface area contributed by atoms with Gasteiger partial charge in [0.15, 0.2) is 17.9 Å². The van der Waals surface area contributed by atoms with Crippen molar-refractivity contribution in [3.63, 3.8) is 0 Å². The van der Waals surface area contributed by atoms with E-state index in [1.165, 1.54) is 6.39 Å². The lowest BCUT2D eigenvalue weighted by atomic mass is 10.1. The Balaban J connectivity index is 2.72. The Hall–Kier alpha value is -1.12. The molecule has 0 amide bonds. The molecular weight excluding hydrogens is 154 g/mol. The van der Waals surface area contributed by atoms with Crippen LogP contribution in [0.15, 0.2) is 10.8 Å². The van der Waals surface area contributed by atoms with Gasteiger partial charge in [-0.15, -0.1) is 0 Å². The zero-order valence-electron chi connectivity index (χ0n) is 7.63. The van der Waals surface area contributed by atoms with E-state index in [0.29, 0.717) is 23.8 Å². The second kappa shape index (κ2) is 3.52. The Kier molecular flexibility index (Phi) is 2.63. The predicted octanol–water partition coefficient (Wildman–Crippen LogP) is 2.21. The highest BCUT2D eigenvalue weighted by Gasteiger charge is 2.14. The summed E-state index contributed by atoms with van der Waals surface area (Å²) in [4.78, 5) is 15.3. The maximum absolute atomic E-state index is 11.4. The molecule has 0 aliphatic carbocycles. The van der Waals surface area contributed by atoms with Crippen molar-refractivity contribution in [1.82, 2.24) is 4.98 Å². The lowest BCUT2D eigenvalue weighted by molar-refractivity contribution is 0.0940. The van der Waals surface area contributed by atoms with E-state index in [4.69, 9.17) is 4.42 Å². The quantitative estimate of drug-likeness (QED) is 0.648. The van der Waals surface area contributed by atoms with Crippen LogP contribution < -0.4 is 0 Å². The van der Waals surface area contributed by atoms with E-state index < -0.39 is 0 Å². The van der Waals surface area contributed by atoms with E-state index in [-0.39, 0.29) is 5.78 Å². The van der Waals surface area contributed by atoms with E-state index in [1.54, 1.807) is 6.92 Å². The molecule has 0 saturated carbocycles. The fourth-order valence-electron chi connectivity index (χ4n) is 1.03. The number of oxazole rings is 1. The number of aromatic nitrogens is 1. The number of nitrogens with zero attached hydrogens (tertiary/aromatic N) is 1. The van der Waals surface area contributed by atoms with E-state index in [9.17, 15) is 4.79 Å². The lowest BCUT2D eigenvalue weighted by Crippen LogP contribution is -2.03. The zero-order chi connectivity index (χ0) is 9.14. The monoisotopic (exact) mass is 167 g/mol. The average molecular weight is 167 g/mol. The number of hydrogen-bond donors (Lipinski definition) is 0. The van der Waals surface area contributed by atoms with Gasteiger partial charge in [0.2, 0.25) is 0 Å². The van der Waals surface area contributed by atoms with Gasteiger partial charge in [0.25, 0.3) is 0 Å². The molecule has 3 nitrogen and oxygen atoms in total. The second-order valence-electron chi connectivity index (χ2n) is 3.29. The molecule has 0 fully saturated rings. The predicted molar refractivity (Wildman–Crippen MR) is 45.0 cm³/mol. The highest BCUT2D eigenvalue weighted by Crippen LogP contribution is 2.11. The van der Waals surface area contributed by atoms with Gasteiger partial charge in [-0.1, -0.05) is 13.8 Å². The first-order chi connectivity index (χ1) is 5.61. The van der Waals surface area contributed by atoms with Gasteiger partial charge in [0, 0.05) is 6.42 Å². The van der Waals surface area contributed by atoms with Crippen molar-refractivity contribution in [3.8, 4) is 0 Å². The Labute approximate surface area is 71.8 Å². The van der Waals surface area contributed by atoms with Crippen molar-refractivity contribution in [2.24, 2.45) is 5.92 Å². The fourth-order valence-corrected chi connectivity index (χ4v) is 1.03. The summed E-state index contributed by atoms with van der Waals surface area (Å²) in [6, 6.07) is 0. The molecule has 1 rings (SSSR count). The molecule has 0 spiro atoms. The van der Waals surface area contributed by atoms with Crippen LogP contribution in [0.4, 0.5) is 0 Å². The summed E-state index contributed by atoms with van der Waals surface area (Å²) in [5, 5.41) is 0. The fraction of sp³-hybridized carbons (Fsp3) is 0.556. The van der Waals surface area contributed by atoms with Gasteiger partial charge < -0.3 is 4.42 Å². The van der Waals surface area contributed by atoms with Gasteiger partial charge in [-0.05, 0) is 12.8 Å². The number of aryl methyl sites for hydroxylation is 1. The molecule has 0 aliphatic rings. The third-order valence-electron chi connectivity index (χ3n) is 1.59. The maximum atomic E-state index is 11.4.